The van der Waals surface area contributed by atoms with Crippen LogP contribution in [0.5, 0.6) is 0 Å². The molecule has 0 atom stereocenters. The predicted octanol–water partition coefficient (Wildman–Crippen LogP) is 1.09. The van der Waals surface area contributed by atoms with Gasteiger partial charge in [-0.2, -0.15) is 0 Å². The van der Waals surface area contributed by atoms with Gasteiger partial charge in [0.25, 0.3) is 0 Å². The van der Waals surface area contributed by atoms with Crippen molar-refractivity contribution in [3.8, 4) is 11.8 Å². The van der Waals surface area contributed by atoms with Crippen LogP contribution in [-0.2, 0) is 0 Å². The lowest BCUT2D eigenvalue weighted by atomic mass is 9.99. The fourth-order valence-electron chi connectivity index (χ4n) is 2.21. The lowest BCUT2D eigenvalue weighted by molar-refractivity contribution is 0.382. The highest BCUT2D eigenvalue weighted by atomic mass is 15.1. The van der Waals surface area contributed by atoms with Gasteiger partial charge in [0.05, 0.1) is 6.54 Å². The maximum Gasteiger partial charge on any atom is 0.0601 e. The summed E-state index contributed by atoms with van der Waals surface area (Å²) in [5.74, 6) is 7.43. The number of hydrogen-bond acceptors (Lipinski definition) is 2. The molecular weight excluding hydrogens is 172 g/mol. The van der Waals surface area contributed by atoms with Crippen LogP contribution in [0.3, 0.4) is 0 Å². The van der Waals surface area contributed by atoms with Crippen molar-refractivity contribution in [1.82, 2.24) is 10.2 Å². The zero-order valence-corrected chi connectivity index (χ0v) is 8.89. The van der Waals surface area contributed by atoms with Gasteiger partial charge >= 0.3 is 0 Å². The largest absolute Gasteiger partial charge is 0.317 e. The molecule has 2 aliphatic heterocycles. The van der Waals surface area contributed by atoms with Gasteiger partial charge < -0.3 is 5.32 Å². The van der Waals surface area contributed by atoms with Crippen molar-refractivity contribution in [2.24, 2.45) is 5.92 Å². The van der Waals surface area contributed by atoms with E-state index in [1.165, 1.54) is 38.8 Å². The molecule has 0 amide bonds. The van der Waals surface area contributed by atoms with Crippen molar-refractivity contribution in [1.29, 1.82) is 0 Å². The highest BCUT2D eigenvalue weighted by molar-refractivity contribution is 5.06. The van der Waals surface area contributed by atoms with Gasteiger partial charge in [0.2, 0.25) is 0 Å². The Morgan fingerprint density at radius 3 is 2.57 bits per heavy atom. The van der Waals surface area contributed by atoms with Crippen LogP contribution in [-0.4, -0.2) is 37.6 Å². The molecule has 0 aliphatic carbocycles. The summed E-state index contributed by atoms with van der Waals surface area (Å²) >= 11 is 0. The minimum atomic E-state index is 0.666. The van der Waals surface area contributed by atoms with E-state index in [0.717, 1.165) is 19.6 Å². The molecule has 14 heavy (non-hydrogen) atoms. The molecule has 0 radical (unpaired) electrons. The molecule has 0 saturated carbocycles. The first-order valence-electron chi connectivity index (χ1n) is 5.86. The summed E-state index contributed by atoms with van der Waals surface area (Å²) < 4.78 is 0. The lowest BCUT2D eigenvalue weighted by Crippen LogP contribution is -2.27. The first-order valence-corrected chi connectivity index (χ1v) is 5.86. The molecule has 0 aromatic rings. The van der Waals surface area contributed by atoms with Gasteiger partial charge in [-0.1, -0.05) is 11.8 Å². The third-order valence-corrected chi connectivity index (χ3v) is 3.15. The molecule has 0 unspecified atom stereocenters. The number of rotatable bonds is 1. The Kier molecular flexibility index (Phi) is 3.85. The van der Waals surface area contributed by atoms with Gasteiger partial charge in [-0.05, 0) is 51.9 Å². The molecule has 2 nitrogen and oxygen atoms in total. The normalized spacial score (nSPS) is 24.6. The molecule has 0 bridgehead atoms. The molecular formula is C12H20N2. The zero-order chi connectivity index (χ0) is 9.64. The molecule has 78 valence electrons. The molecule has 0 spiro atoms. The molecule has 2 fully saturated rings. The standard InChI is InChI=1S/C12H20N2/c1-2-10-14(9-1)11-3-4-12-5-7-13-8-6-12/h12-13H,1-2,5-11H2. The SMILES string of the molecule is C(#CC1CCNCC1)CN1CCCC1. The molecule has 2 heterocycles. The van der Waals surface area contributed by atoms with Crippen molar-refractivity contribution in [2.45, 2.75) is 25.7 Å². The van der Waals surface area contributed by atoms with Gasteiger partial charge in [0.1, 0.15) is 0 Å². The van der Waals surface area contributed by atoms with Gasteiger partial charge in [0.15, 0.2) is 0 Å². The Hall–Kier alpha value is -0.520. The Morgan fingerprint density at radius 2 is 1.86 bits per heavy atom. The van der Waals surface area contributed by atoms with E-state index in [9.17, 15) is 0 Å². The molecule has 2 heteroatoms. The highest BCUT2D eigenvalue weighted by Gasteiger charge is 2.11. The Bertz CT molecular complexity index is 214. The van der Waals surface area contributed by atoms with Crippen molar-refractivity contribution >= 4 is 0 Å². The van der Waals surface area contributed by atoms with Crippen molar-refractivity contribution in [2.75, 3.05) is 32.7 Å². The third-order valence-electron chi connectivity index (χ3n) is 3.15. The van der Waals surface area contributed by atoms with E-state index in [4.69, 9.17) is 0 Å². The zero-order valence-electron chi connectivity index (χ0n) is 8.89. The first kappa shape index (κ1) is 10.0. The van der Waals surface area contributed by atoms with Crippen LogP contribution in [0.25, 0.3) is 0 Å². The average molecular weight is 192 g/mol. The summed E-state index contributed by atoms with van der Waals surface area (Å²) in [6.07, 6.45) is 5.23. The summed E-state index contributed by atoms with van der Waals surface area (Å²) in [6.45, 7) is 5.85. The topological polar surface area (TPSA) is 15.3 Å². The summed E-state index contributed by atoms with van der Waals surface area (Å²) in [5.41, 5.74) is 0. The number of nitrogens with zero attached hydrogens (tertiary/aromatic N) is 1. The van der Waals surface area contributed by atoms with Crippen LogP contribution < -0.4 is 5.32 Å². The van der Waals surface area contributed by atoms with Crippen LogP contribution in [0.15, 0.2) is 0 Å². The number of nitrogens with one attached hydrogen (secondary N) is 1. The quantitative estimate of drug-likeness (QED) is 0.626. The predicted molar refractivity (Wildman–Crippen MR) is 59.0 cm³/mol. The number of piperidine rings is 1. The average Bonchev–Trinajstić information content (AvgIpc) is 2.72. The molecule has 2 saturated heterocycles. The van der Waals surface area contributed by atoms with Gasteiger partial charge in [-0.3, -0.25) is 4.90 Å². The summed E-state index contributed by atoms with van der Waals surface area (Å²) in [4.78, 5) is 2.47. The summed E-state index contributed by atoms with van der Waals surface area (Å²) in [7, 11) is 0. The summed E-state index contributed by atoms with van der Waals surface area (Å²) in [6, 6.07) is 0. The van der Waals surface area contributed by atoms with Crippen molar-refractivity contribution in [3.05, 3.63) is 0 Å². The number of hydrogen-bond donors (Lipinski definition) is 1. The Labute approximate surface area is 87.1 Å². The van der Waals surface area contributed by atoms with Crippen LogP contribution in [0.1, 0.15) is 25.7 Å². The van der Waals surface area contributed by atoms with Crippen LogP contribution >= 0.6 is 0 Å². The Balaban J connectivity index is 1.69. The summed E-state index contributed by atoms with van der Waals surface area (Å²) in [5, 5.41) is 3.37. The fraction of sp³-hybridized carbons (Fsp3) is 0.833. The van der Waals surface area contributed by atoms with Gasteiger partial charge in [-0.25, -0.2) is 0 Å². The van der Waals surface area contributed by atoms with E-state index in [2.05, 4.69) is 22.1 Å². The van der Waals surface area contributed by atoms with E-state index >= 15 is 0 Å². The maximum absolute atomic E-state index is 3.42. The van der Waals surface area contributed by atoms with E-state index in [0.29, 0.717) is 5.92 Å². The lowest BCUT2D eigenvalue weighted by Gasteiger charge is -2.17. The van der Waals surface area contributed by atoms with E-state index in [-0.39, 0.29) is 0 Å². The molecule has 1 N–H and O–H groups in total. The van der Waals surface area contributed by atoms with E-state index in [1.54, 1.807) is 0 Å². The smallest absolute Gasteiger partial charge is 0.0601 e. The molecule has 2 aliphatic rings. The second kappa shape index (κ2) is 5.38. The van der Waals surface area contributed by atoms with Crippen molar-refractivity contribution < 1.29 is 0 Å². The minimum Gasteiger partial charge on any atom is -0.317 e. The van der Waals surface area contributed by atoms with Crippen molar-refractivity contribution in [3.63, 3.8) is 0 Å². The first-order chi connectivity index (χ1) is 6.95. The van der Waals surface area contributed by atoms with Crippen LogP contribution in [0.4, 0.5) is 0 Å². The van der Waals surface area contributed by atoms with Gasteiger partial charge in [0, 0.05) is 5.92 Å². The van der Waals surface area contributed by atoms with Gasteiger partial charge in [-0.15, -0.1) is 0 Å². The van der Waals surface area contributed by atoms with E-state index in [1.807, 2.05) is 0 Å². The molecule has 0 aromatic heterocycles. The third kappa shape index (κ3) is 3.01. The van der Waals surface area contributed by atoms with E-state index < -0.39 is 0 Å². The molecule has 0 aromatic carbocycles. The Morgan fingerprint density at radius 1 is 1.14 bits per heavy atom. The second-order valence-corrected chi connectivity index (χ2v) is 4.33. The van der Waals surface area contributed by atoms with Crippen LogP contribution in [0, 0.1) is 17.8 Å². The van der Waals surface area contributed by atoms with Crippen LogP contribution in [0.2, 0.25) is 0 Å². The minimum absolute atomic E-state index is 0.666. The monoisotopic (exact) mass is 192 g/mol. The maximum atomic E-state index is 3.42. The molecule has 2 rings (SSSR count). The second-order valence-electron chi connectivity index (χ2n) is 4.33. The number of likely N-dealkylation sites (tertiary alicyclic amines) is 1. The highest BCUT2D eigenvalue weighted by Crippen LogP contribution is 2.10. The fourth-order valence-corrected chi connectivity index (χ4v) is 2.21.